The summed E-state index contributed by atoms with van der Waals surface area (Å²) < 4.78 is 0. The van der Waals surface area contributed by atoms with Gasteiger partial charge in [-0.05, 0) is 69.6 Å². The topological polar surface area (TPSA) is 16.1 Å². The van der Waals surface area contributed by atoms with Gasteiger partial charge >= 0.3 is 0 Å². The minimum absolute atomic E-state index is 0.0859. The molecule has 0 radical (unpaired) electrons. The van der Waals surface area contributed by atoms with E-state index in [0.717, 1.165) is 33.5 Å². The molecule has 1 aromatic heterocycles. The van der Waals surface area contributed by atoms with Gasteiger partial charge < -0.3 is 4.90 Å². The van der Waals surface area contributed by atoms with Gasteiger partial charge in [0.05, 0.1) is 16.9 Å². The number of aromatic nitrogens is 1. The summed E-state index contributed by atoms with van der Waals surface area (Å²) in [6.07, 6.45) is 0. The second-order valence-electron chi connectivity index (χ2n) is 13.2. The molecule has 0 N–H and O–H groups in total. The molecule has 1 aliphatic carbocycles. The van der Waals surface area contributed by atoms with E-state index in [4.69, 9.17) is 4.98 Å². The van der Waals surface area contributed by atoms with Crippen LogP contribution in [0.2, 0.25) is 0 Å². The lowest BCUT2D eigenvalue weighted by Gasteiger charge is -2.29. The third-order valence-electron chi connectivity index (χ3n) is 10.1. The summed E-state index contributed by atoms with van der Waals surface area (Å²) in [5.41, 5.74) is 14.2. The average Bonchev–Trinajstić information content (AvgIpc) is 3.39. The van der Waals surface area contributed by atoms with Crippen LogP contribution in [0.3, 0.4) is 0 Å². The molecule has 1 aliphatic rings. The molecule has 0 spiro atoms. The zero-order chi connectivity index (χ0) is 32.2. The van der Waals surface area contributed by atoms with Gasteiger partial charge in [0.1, 0.15) is 0 Å². The Balaban J connectivity index is 1.22. The van der Waals surface area contributed by atoms with Gasteiger partial charge in [0.2, 0.25) is 0 Å². The molecule has 228 valence electrons. The molecule has 9 rings (SSSR count). The van der Waals surface area contributed by atoms with Crippen LogP contribution in [-0.2, 0) is 5.41 Å². The Morgan fingerprint density at radius 3 is 1.75 bits per heavy atom. The molecule has 0 aliphatic heterocycles. The SMILES string of the molecule is CC1(C)c2ccccc2-c2c(N(c3ccc(-c4ccccc4)cc3)c3ccc(-c4nc5ccccc5c5ccccc45)cc3)cccc21. The Bertz CT molecular complexity index is 2460. The van der Waals surface area contributed by atoms with Gasteiger partial charge in [-0.2, -0.15) is 0 Å². The molecule has 0 unspecified atom stereocenters. The third kappa shape index (κ3) is 4.45. The standard InChI is InChI=1S/C46H34N2/c1-46(2)40-19-10-8-18-39(40)44-41(46)20-12-22-43(44)48(34-27-23-32(24-28-34)31-13-4-3-5-14-31)35-29-25-33(26-30-35)45-38-17-7-6-15-36(38)37-16-9-11-21-42(37)47-45/h3-30H,1-2H3. The first-order valence-corrected chi connectivity index (χ1v) is 16.6. The van der Waals surface area contributed by atoms with Crippen molar-refractivity contribution in [2.75, 3.05) is 4.90 Å². The maximum absolute atomic E-state index is 5.18. The highest BCUT2D eigenvalue weighted by Gasteiger charge is 2.37. The highest BCUT2D eigenvalue weighted by Crippen LogP contribution is 2.54. The van der Waals surface area contributed by atoms with Gasteiger partial charge in [0.25, 0.3) is 0 Å². The van der Waals surface area contributed by atoms with Crippen LogP contribution in [0, 0.1) is 0 Å². The first kappa shape index (κ1) is 28.3. The minimum Gasteiger partial charge on any atom is -0.310 e. The number of anilines is 3. The fraction of sp³-hybridized carbons (Fsp3) is 0.0652. The Morgan fingerprint density at radius 2 is 1.00 bits per heavy atom. The highest BCUT2D eigenvalue weighted by molar-refractivity contribution is 6.11. The van der Waals surface area contributed by atoms with Crippen LogP contribution in [0.1, 0.15) is 25.0 Å². The summed E-state index contributed by atoms with van der Waals surface area (Å²) in [6.45, 7) is 4.69. The van der Waals surface area contributed by atoms with Crippen molar-refractivity contribution in [1.82, 2.24) is 4.98 Å². The maximum atomic E-state index is 5.18. The van der Waals surface area contributed by atoms with E-state index in [1.807, 2.05) is 0 Å². The largest absolute Gasteiger partial charge is 0.310 e. The summed E-state index contributed by atoms with van der Waals surface area (Å²) in [6, 6.07) is 61.2. The van der Waals surface area contributed by atoms with Gasteiger partial charge in [0, 0.05) is 38.7 Å². The zero-order valence-electron chi connectivity index (χ0n) is 27.1. The van der Waals surface area contributed by atoms with Crippen LogP contribution in [0.15, 0.2) is 170 Å². The van der Waals surface area contributed by atoms with E-state index in [1.54, 1.807) is 0 Å². The van der Waals surface area contributed by atoms with Gasteiger partial charge in [0.15, 0.2) is 0 Å². The molecule has 0 saturated carbocycles. The third-order valence-corrected chi connectivity index (χ3v) is 10.1. The van der Waals surface area contributed by atoms with Gasteiger partial charge in [-0.1, -0.05) is 147 Å². The van der Waals surface area contributed by atoms with E-state index >= 15 is 0 Å². The first-order valence-electron chi connectivity index (χ1n) is 16.6. The average molecular weight is 615 g/mol. The van der Waals surface area contributed by atoms with Crippen molar-refractivity contribution in [3.63, 3.8) is 0 Å². The van der Waals surface area contributed by atoms with Crippen molar-refractivity contribution >= 4 is 38.7 Å². The molecular formula is C46H34N2. The summed E-state index contributed by atoms with van der Waals surface area (Å²) in [7, 11) is 0. The predicted molar refractivity (Wildman–Crippen MR) is 202 cm³/mol. The normalized spacial score (nSPS) is 13.0. The second-order valence-corrected chi connectivity index (χ2v) is 13.2. The summed E-state index contributed by atoms with van der Waals surface area (Å²) >= 11 is 0. The van der Waals surface area contributed by atoms with Crippen molar-refractivity contribution in [2.45, 2.75) is 19.3 Å². The van der Waals surface area contributed by atoms with Gasteiger partial charge in [-0.25, -0.2) is 4.98 Å². The maximum Gasteiger partial charge on any atom is 0.0788 e. The number of benzene rings is 7. The number of rotatable bonds is 5. The Morgan fingerprint density at radius 1 is 0.438 bits per heavy atom. The van der Waals surface area contributed by atoms with Crippen molar-refractivity contribution in [3.05, 3.63) is 181 Å². The van der Waals surface area contributed by atoms with Crippen LogP contribution >= 0.6 is 0 Å². The highest BCUT2D eigenvalue weighted by atomic mass is 15.1. The number of para-hydroxylation sites is 1. The smallest absolute Gasteiger partial charge is 0.0788 e. The van der Waals surface area contributed by atoms with Crippen molar-refractivity contribution < 1.29 is 0 Å². The van der Waals surface area contributed by atoms with Crippen LogP contribution in [-0.4, -0.2) is 4.98 Å². The molecular weight excluding hydrogens is 581 g/mol. The fourth-order valence-corrected chi connectivity index (χ4v) is 7.67. The van der Waals surface area contributed by atoms with Crippen LogP contribution < -0.4 is 4.90 Å². The zero-order valence-corrected chi connectivity index (χ0v) is 27.1. The minimum atomic E-state index is -0.0859. The fourth-order valence-electron chi connectivity index (χ4n) is 7.67. The molecule has 0 saturated heterocycles. The lowest BCUT2D eigenvalue weighted by molar-refractivity contribution is 0.660. The van der Waals surface area contributed by atoms with Crippen LogP contribution in [0.4, 0.5) is 17.1 Å². The molecule has 0 fully saturated rings. The molecule has 1 heterocycles. The van der Waals surface area contributed by atoms with E-state index in [0.29, 0.717) is 0 Å². The lowest BCUT2D eigenvalue weighted by Crippen LogP contribution is -2.16. The molecule has 0 bridgehead atoms. The van der Waals surface area contributed by atoms with E-state index < -0.39 is 0 Å². The van der Waals surface area contributed by atoms with Crippen molar-refractivity contribution in [2.24, 2.45) is 0 Å². The molecule has 2 heteroatoms. The Kier molecular flexibility index (Phi) is 6.51. The van der Waals surface area contributed by atoms with Gasteiger partial charge in [-0.3, -0.25) is 0 Å². The molecule has 7 aromatic carbocycles. The van der Waals surface area contributed by atoms with Crippen LogP contribution in [0.25, 0.3) is 55.2 Å². The summed E-state index contributed by atoms with van der Waals surface area (Å²) in [5.74, 6) is 0. The van der Waals surface area contributed by atoms with Crippen molar-refractivity contribution in [3.8, 4) is 33.5 Å². The van der Waals surface area contributed by atoms with Gasteiger partial charge in [-0.15, -0.1) is 0 Å². The quantitative estimate of drug-likeness (QED) is 0.179. The number of nitrogens with zero attached hydrogens (tertiary/aromatic N) is 2. The van der Waals surface area contributed by atoms with E-state index in [-0.39, 0.29) is 5.41 Å². The monoisotopic (exact) mass is 614 g/mol. The van der Waals surface area contributed by atoms with E-state index in [1.165, 1.54) is 49.8 Å². The van der Waals surface area contributed by atoms with E-state index in [2.05, 4.69) is 189 Å². The molecule has 8 aromatic rings. The summed E-state index contributed by atoms with van der Waals surface area (Å²) in [5, 5.41) is 3.57. The Labute approximate surface area is 281 Å². The number of hydrogen-bond donors (Lipinski definition) is 0. The molecule has 48 heavy (non-hydrogen) atoms. The molecule has 0 atom stereocenters. The molecule has 2 nitrogen and oxygen atoms in total. The lowest BCUT2D eigenvalue weighted by atomic mass is 9.82. The van der Waals surface area contributed by atoms with Crippen molar-refractivity contribution in [1.29, 1.82) is 0 Å². The second kappa shape index (κ2) is 11.1. The summed E-state index contributed by atoms with van der Waals surface area (Å²) in [4.78, 5) is 7.60. The van der Waals surface area contributed by atoms with E-state index in [9.17, 15) is 0 Å². The number of hydrogen-bond acceptors (Lipinski definition) is 2. The molecule has 0 amide bonds. The Hall–Kier alpha value is -5.99. The number of pyridine rings is 1. The van der Waals surface area contributed by atoms with Crippen LogP contribution in [0.5, 0.6) is 0 Å². The predicted octanol–water partition coefficient (Wildman–Crippen LogP) is 12.5. The number of fused-ring (bicyclic) bond motifs is 6. The first-order chi connectivity index (χ1) is 23.6.